The van der Waals surface area contributed by atoms with Gasteiger partial charge in [0.05, 0.1) is 5.54 Å². The highest BCUT2D eigenvalue weighted by molar-refractivity contribution is 5.84. The molecule has 2 unspecified atom stereocenters. The second kappa shape index (κ2) is 7.99. The number of carbonyl (C=O) groups is 1. The van der Waals surface area contributed by atoms with E-state index in [0.29, 0.717) is 6.04 Å². The molecule has 1 fully saturated rings. The summed E-state index contributed by atoms with van der Waals surface area (Å²) in [5.74, 6) is 0.549. The third-order valence-electron chi connectivity index (χ3n) is 4.59. The third kappa shape index (κ3) is 4.74. The van der Waals surface area contributed by atoms with Crippen LogP contribution in [0.15, 0.2) is 0 Å². The lowest BCUT2D eigenvalue weighted by Gasteiger charge is -2.42. The van der Waals surface area contributed by atoms with E-state index in [9.17, 15) is 4.79 Å². The maximum atomic E-state index is 12.0. The summed E-state index contributed by atoms with van der Waals surface area (Å²) in [4.78, 5) is 14.4. The average molecular weight is 283 g/mol. The molecule has 0 heterocycles. The zero-order valence-electron chi connectivity index (χ0n) is 13.7. The van der Waals surface area contributed by atoms with Gasteiger partial charge in [0.2, 0.25) is 5.91 Å². The first kappa shape index (κ1) is 17.4. The van der Waals surface area contributed by atoms with Gasteiger partial charge < -0.3 is 16.0 Å². The van der Waals surface area contributed by atoms with E-state index in [1.807, 2.05) is 0 Å². The molecule has 1 rings (SSSR count). The van der Waals surface area contributed by atoms with E-state index in [2.05, 4.69) is 38.0 Å². The molecule has 0 spiro atoms. The predicted octanol–water partition coefficient (Wildman–Crippen LogP) is 2.13. The van der Waals surface area contributed by atoms with Gasteiger partial charge in [0.1, 0.15) is 0 Å². The molecule has 20 heavy (non-hydrogen) atoms. The van der Waals surface area contributed by atoms with Crippen molar-refractivity contribution >= 4 is 5.91 Å². The normalized spacial score (nSPS) is 27.2. The number of hydrogen-bond acceptors (Lipinski definition) is 3. The molecule has 4 heteroatoms. The van der Waals surface area contributed by atoms with Crippen LogP contribution in [0.25, 0.3) is 0 Å². The molecule has 0 aromatic rings. The SMILES string of the molecule is CCCNC1(C(N)=O)CCCC(N(C)CCC(C)C)C1. The second-order valence-corrected chi connectivity index (χ2v) is 6.79. The Morgan fingerprint density at radius 1 is 1.50 bits per heavy atom. The number of nitrogens with two attached hydrogens (primary N) is 1. The molecule has 0 aromatic heterocycles. The highest BCUT2D eigenvalue weighted by Gasteiger charge is 2.41. The lowest BCUT2D eigenvalue weighted by atomic mass is 9.77. The van der Waals surface area contributed by atoms with Gasteiger partial charge in [-0.3, -0.25) is 4.79 Å². The average Bonchev–Trinajstić information content (AvgIpc) is 2.42. The zero-order chi connectivity index (χ0) is 15.2. The highest BCUT2D eigenvalue weighted by atomic mass is 16.1. The molecule has 0 aliphatic heterocycles. The fraction of sp³-hybridized carbons (Fsp3) is 0.938. The van der Waals surface area contributed by atoms with Crippen molar-refractivity contribution in [1.82, 2.24) is 10.2 Å². The highest BCUT2D eigenvalue weighted by Crippen LogP contribution is 2.31. The minimum absolute atomic E-state index is 0.173. The molecule has 0 saturated heterocycles. The minimum Gasteiger partial charge on any atom is -0.368 e. The summed E-state index contributed by atoms with van der Waals surface area (Å²) < 4.78 is 0. The third-order valence-corrected chi connectivity index (χ3v) is 4.59. The van der Waals surface area contributed by atoms with Gasteiger partial charge in [-0.1, -0.05) is 20.8 Å². The van der Waals surface area contributed by atoms with Gasteiger partial charge >= 0.3 is 0 Å². The maximum Gasteiger partial charge on any atom is 0.237 e. The van der Waals surface area contributed by atoms with E-state index < -0.39 is 5.54 Å². The molecule has 1 saturated carbocycles. The Hall–Kier alpha value is -0.610. The van der Waals surface area contributed by atoms with Crippen molar-refractivity contribution in [2.45, 2.75) is 70.9 Å². The van der Waals surface area contributed by atoms with Crippen LogP contribution in [0.4, 0.5) is 0 Å². The number of amides is 1. The van der Waals surface area contributed by atoms with Gasteiger partial charge in [-0.2, -0.15) is 0 Å². The number of nitrogens with one attached hydrogen (secondary N) is 1. The Labute approximate surface area is 124 Å². The fourth-order valence-corrected chi connectivity index (χ4v) is 3.10. The van der Waals surface area contributed by atoms with E-state index in [1.54, 1.807) is 0 Å². The van der Waals surface area contributed by atoms with Crippen LogP contribution in [-0.2, 0) is 4.79 Å². The van der Waals surface area contributed by atoms with Crippen molar-refractivity contribution in [3.8, 4) is 0 Å². The Morgan fingerprint density at radius 3 is 2.75 bits per heavy atom. The summed E-state index contributed by atoms with van der Waals surface area (Å²) in [5, 5.41) is 3.43. The van der Waals surface area contributed by atoms with Crippen LogP contribution in [0.1, 0.15) is 59.3 Å². The number of hydrogen-bond donors (Lipinski definition) is 2. The van der Waals surface area contributed by atoms with Crippen LogP contribution in [0.5, 0.6) is 0 Å². The van der Waals surface area contributed by atoms with Gasteiger partial charge in [-0.25, -0.2) is 0 Å². The summed E-state index contributed by atoms with van der Waals surface area (Å²) in [6.07, 6.45) is 6.24. The second-order valence-electron chi connectivity index (χ2n) is 6.79. The van der Waals surface area contributed by atoms with Gasteiger partial charge in [-0.15, -0.1) is 0 Å². The summed E-state index contributed by atoms with van der Waals surface area (Å²) in [7, 11) is 2.18. The fourth-order valence-electron chi connectivity index (χ4n) is 3.10. The van der Waals surface area contributed by atoms with Crippen molar-refractivity contribution in [3.05, 3.63) is 0 Å². The Balaban J connectivity index is 2.64. The van der Waals surface area contributed by atoms with E-state index >= 15 is 0 Å². The van der Waals surface area contributed by atoms with Crippen LogP contribution in [0.3, 0.4) is 0 Å². The first-order chi connectivity index (χ1) is 9.41. The largest absolute Gasteiger partial charge is 0.368 e. The summed E-state index contributed by atoms with van der Waals surface area (Å²) in [6.45, 7) is 8.60. The van der Waals surface area contributed by atoms with E-state index in [0.717, 1.165) is 44.7 Å². The molecule has 1 aliphatic carbocycles. The van der Waals surface area contributed by atoms with Crippen LogP contribution in [-0.4, -0.2) is 42.5 Å². The number of primary amides is 1. The van der Waals surface area contributed by atoms with Crippen LogP contribution < -0.4 is 11.1 Å². The van der Waals surface area contributed by atoms with Crippen molar-refractivity contribution < 1.29 is 4.79 Å². The monoisotopic (exact) mass is 283 g/mol. The number of nitrogens with zero attached hydrogens (tertiary/aromatic N) is 1. The Kier molecular flexibility index (Phi) is 6.96. The van der Waals surface area contributed by atoms with Crippen molar-refractivity contribution in [2.24, 2.45) is 11.7 Å². The van der Waals surface area contributed by atoms with Gasteiger partial charge in [0.15, 0.2) is 0 Å². The van der Waals surface area contributed by atoms with Crippen molar-refractivity contribution in [3.63, 3.8) is 0 Å². The van der Waals surface area contributed by atoms with Crippen LogP contribution in [0.2, 0.25) is 0 Å². The first-order valence-electron chi connectivity index (χ1n) is 8.16. The Morgan fingerprint density at radius 2 is 2.20 bits per heavy atom. The predicted molar refractivity (Wildman–Crippen MR) is 84.6 cm³/mol. The summed E-state index contributed by atoms with van der Waals surface area (Å²) in [6, 6.07) is 0.472. The van der Waals surface area contributed by atoms with Gasteiger partial charge in [-0.05, 0) is 64.6 Å². The molecule has 118 valence electrons. The standard InChI is InChI=1S/C16H33N3O/c1-5-10-18-16(15(17)20)9-6-7-14(12-16)19(4)11-8-13(2)3/h13-14,18H,5-12H2,1-4H3,(H2,17,20). The number of carbonyl (C=O) groups excluding carboxylic acids is 1. The van der Waals surface area contributed by atoms with Gasteiger partial charge in [0.25, 0.3) is 0 Å². The topological polar surface area (TPSA) is 58.4 Å². The first-order valence-corrected chi connectivity index (χ1v) is 8.16. The van der Waals surface area contributed by atoms with Crippen LogP contribution in [0, 0.1) is 5.92 Å². The molecule has 1 aliphatic rings. The Bertz CT molecular complexity index is 306. The van der Waals surface area contributed by atoms with Crippen molar-refractivity contribution in [1.29, 1.82) is 0 Å². The molecular formula is C16H33N3O. The molecular weight excluding hydrogens is 250 g/mol. The summed E-state index contributed by atoms with van der Waals surface area (Å²) >= 11 is 0. The quantitative estimate of drug-likeness (QED) is 0.717. The molecule has 0 aromatic carbocycles. The minimum atomic E-state index is -0.481. The molecule has 1 amide bonds. The zero-order valence-corrected chi connectivity index (χ0v) is 13.7. The van der Waals surface area contributed by atoms with E-state index in [-0.39, 0.29) is 5.91 Å². The lowest BCUT2D eigenvalue weighted by Crippen LogP contribution is -2.60. The molecule has 0 radical (unpaired) electrons. The molecule has 0 bridgehead atoms. The summed E-state index contributed by atoms with van der Waals surface area (Å²) in [5.41, 5.74) is 5.23. The van der Waals surface area contributed by atoms with Gasteiger partial charge in [0, 0.05) is 6.04 Å². The lowest BCUT2D eigenvalue weighted by molar-refractivity contribution is -0.126. The van der Waals surface area contributed by atoms with E-state index in [4.69, 9.17) is 5.73 Å². The molecule has 3 N–H and O–H groups in total. The smallest absolute Gasteiger partial charge is 0.237 e. The maximum absolute atomic E-state index is 12.0. The van der Waals surface area contributed by atoms with E-state index in [1.165, 1.54) is 12.8 Å². The van der Waals surface area contributed by atoms with Crippen molar-refractivity contribution in [2.75, 3.05) is 20.1 Å². The molecule has 2 atom stereocenters. The van der Waals surface area contributed by atoms with Crippen LogP contribution >= 0.6 is 0 Å². The molecule has 4 nitrogen and oxygen atoms in total. The number of rotatable bonds is 8.